The van der Waals surface area contributed by atoms with Crippen LogP contribution in [0.4, 0.5) is 0 Å². The van der Waals surface area contributed by atoms with Gasteiger partial charge in [0.05, 0.1) is 25.1 Å². The summed E-state index contributed by atoms with van der Waals surface area (Å²) in [5, 5.41) is 6.78. The normalized spacial score (nSPS) is 17.8. The van der Waals surface area contributed by atoms with Crippen molar-refractivity contribution in [1.82, 2.24) is 5.32 Å². The van der Waals surface area contributed by atoms with Crippen LogP contribution in [0.5, 0.6) is 0 Å². The van der Waals surface area contributed by atoms with Crippen LogP contribution in [0.2, 0.25) is 0 Å². The third-order valence-electron chi connectivity index (χ3n) is 1.15. The first-order valence-corrected chi connectivity index (χ1v) is 3.44. The maximum Gasteiger partial charge on any atom is 0.135 e. The van der Waals surface area contributed by atoms with Gasteiger partial charge >= 0.3 is 0 Å². The van der Waals surface area contributed by atoms with E-state index in [2.05, 4.69) is 22.0 Å². The van der Waals surface area contributed by atoms with Crippen molar-refractivity contribution in [2.75, 3.05) is 19.7 Å². The lowest BCUT2D eigenvalue weighted by Crippen LogP contribution is -2.28. The maximum atomic E-state index is 4.88. The molecule has 0 aliphatic carbocycles. The predicted molar refractivity (Wildman–Crippen MR) is 52.2 cm³/mol. The van der Waals surface area contributed by atoms with Gasteiger partial charge in [-0.15, -0.1) is 12.4 Å². The summed E-state index contributed by atoms with van der Waals surface area (Å²) in [6.45, 7) is 5.31. The monoisotopic (exact) mass is 189 g/mol. The van der Waals surface area contributed by atoms with Crippen molar-refractivity contribution < 1.29 is 4.84 Å². The molecule has 1 aliphatic heterocycles. The largest absolute Gasteiger partial charge is 0.392 e. The molecule has 0 saturated carbocycles. The van der Waals surface area contributed by atoms with Crippen molar-refractivity contribution in [2.45, 2.75) is 0 Å². The Labute approximate surface area is 77.8 Å². The lowest BCUT2D eigenvalue weighted by Gasteiger charge is -2.07. The van der Waals surface area contributed by atoms with E-state index in [1.54, 1.807) is 12.4 Å². The van der Waals surface area contributed by atoms with Crippen molar-refractivity contribution in [3.05, 3.63) is 12.7 Å². The van der Waals surface area contributed by atoms with E-state index in [1.807, 2.05) is 0 Å². The Bertz CT molecular complexity index is 191. The number of hydrogen-bond acceptors (Lipinski definition) is 4. The van der Waals surface area contributed by atoms with Gasteiger partial charge in [-0.3, -0.25) is 4.99 Å². The standard InChI is InChI=1S/C7H11N3O.ClH/c1-2-3-11-10-7-4-8-6-9-5-7;/h2,6H,1,3-5H2,(H,8,9);1H. The molecule has 0 spiro atoms. The average molecular weight is 190 g/mol. The summed E-state index contributed by atoms with van der Waals surface area (Å²) in [7, 11) is 0. The van der Waals surface area contributed by atoms with Gasteiger partial charge < -0.3 is 10.2 Å². The summed E-state index contributed by atoms with van der Waals surface area (Å²) < 4.78 is 0. The van der Waals surface area contributed by atoms with Gasteiger partial charge in [-0.05, 0) is 0 Å². The fourth-order valence-corrected chi connectivity index (χ4v) is 0.677. The molecule has 0 radical (unpaired) electrons. The zero-order valence-corrected chi connectivity index (χ0v) is 7.51. The quantitative estimate of drug-likeness (QED) is 0.402. The molecule has 1 heterocycles. The van der Waals surface area contributed by atoms with Gasteiger partial charge in [0.1, 0.15) is 6.61 Å². The Balaban J connectivity index is 0.00000121. The first-order valence-electron chi connectivity index (χ1n) is 3.44. The molecule has 1 rings (SSSR count). The first kappa shape index (κ1) is 11.0. The van der Waals surface area contributed by atoms with Gasteiger partial charge in [0.2, 0.25) is 0 Å². The Hall–Kier alpha value is -1.03. The molecule has 0 bridgehead atoms. The number of aliphatic imine (C=N–C) groups is 1. The van der Waals surface area contributed by atoms with E-state index < -0.39 is 0 Å². The molecular weight excluding hydrogens is 178 g/mol. The van der Waals surface area contributed by atoms with Gasteiger partial charge in [-0.2, -0.15) is 0 Å². The van der Waals surface area contributed by atoms with E-state index in [0.717, 1.165) is 12.3 Å². The minimum absolute atomic E-state index is 0. The molecule has 0 aromatic heterocycles. The summed E-state index contributed by atoms with van der Waals surface area (Å²) in [6, 6.07) is 0. The smallest absolute Gasteiger partial charge is 0.135 e. The molecule has 0 saturated heterocycles. The third kappa shape index (κ3) is 3.98. The Morgan fingerprint density at radius 1 is 1.83 bits per heavy atom. The van der Waals surface area contributed by atoms with Crippen LogP contribution in [0.15, 0.2) is 22.8 Å². The van der Waals surface area contributed by atoms with Crippen LogP contribution in [0.25, 0.3) is 0 Å². The zero-order valence-electron chi connectivity index (χ0n) is 6.69. The van der Waals surface area contributed by atoms with Crippen LogP contribution in [0.1, 0.15) is 0 Å². The highest BCUT2D eigenvalue weighted by Gasteiger charge is 2.00. The van der Waals surface area contributed by atoms with E-state index in [-0.39, 0.29) is 12.4 Å². The summed E-state index contributed by atoms with van der Waals surface area (Å²) in [5.74, 6) is 0. The second kappa shape index (κ2) is 6.67. The van der Waals surface area contributed by atoms with E-state index in [1.165, 1.54) is 0 Å². The molecule has 1 N–H and O–H groups in total. The lowest BCUT2D eigenvalue weighted by molar-refractivity contribution is 0.174. The maximum absolute atomic E-state index is 4.88. The molecule has 0 unspecified atom stereocenters. The number of rotatable bonds is 3. The second-order valence-electron chi connectivity index (χ2n) is 2.09. The summed E-state index contributed by atoms with van der Waals surface area (Å²) in [6.07, 6.45) is 3.33. The molecule has 0 fully saturated rings. The van der Waals surface area contributed by atoms with Crippen molar-refractivity contribution in [3.63, 3.8) is 0 Å². The van der Waals surface area contributed by atoms with Crippen molar-refractivity contribution >= 4 is 24.5 Å². The molecule has 0 aromatic rings. The summed E-state index contributed by atoms with van der Waals surface area (Å²) in [5.41, 5.74) is 0.911. The van der Waals surface area contributed by atoms with Gasteiger partial charge in [-0.25, -0.2) is 0 Å². The van der Waals surface area contributed by atoms with Crippen molar-refractivity contribution in [3.8, 4) is 0 Å². The fraction of sp³-hybridized carbons (Fsp3) is 0.429. The van der Waals surface area contributed by atoms with Gasteiger partial charge in [0.15, 0.2) is 0 Å². The molecule has 12 heavy (non-hydrogen) atoms. The minimum atomic E-state index is 0. The van der Waals surface area contributed by atoms with Crippen LogP contribution < -0.4 is 5.32 Å². The number of hydrogen-bond donors (Lipinski definition) is 1. The molecule has 5 heteroatoms. The number of oxime groups is 1. The highest BCUT2D eigenvalue weighted by atomic mass is 35.5. The molecule has 4 nitrogen and oxygen atoms in total. The van der Waals surface area contributed by atoms with Crippen LogP contribution in [0, 0.1) is 0 Å². The van der Waals surface area contributed by atoms with Crippen LogP contribution in [-0.2, 0) is 4.84 Å². The van der Waals surface area contributed by atoms with Crippen LogP contribution >= 0.6 is 12.4 Å². The number of nitrogens with one attached hydrogen (secondary N) is 1. The SMILES string of the molecule is C=CCON=C1CN=CNC1.Cl. The van der Waals surface area contributed by atoms with Crippen molar-refractivity contribution in [1.29, 1.82) is 0 Å². The lowest BCUT2D eigenvalue weighted by atomic mass is 10.3. The van der Waals surface area contributed by atoms with E-state index in [0.29, 0.717) is 13.2 Å². The highest BCUT2D eigenvalue weighted by molar-refractivity contribution is 5.92. The van der Waals surface area contributed by atoms with E-state index >= 15 is 0 Å². The molecule has 0 aromatic carbocycles. The van der Waals surface area contributed by atoms with Gasteiger partial charge in [-0.1, -0.05) is 17.8 Å². The van der Waals surface area contributed by atoms with Crippen LogP contribution in [-0.4, -0.2) is 31.7 Å². The predicted octanol–water partition coefficient (Wildman–Crippen LogP) is 0.598. The zero-order chi connectivity index (χ0) is 7.94. The van der Waals surface area contributed by atoms with E-state index in [9.17, 15) is 0 Å². The molecule has 0 atom stereocenters. The highest BCUT2D eigenvalue weighted by Crippen LogP contribution is 1.86. The van der Waals surface area contributed by atoms with Gasteiger partial charge in [0.25, 0.3) is 0 Å². The molecular formula is C7H12ClN3O. The summed E-state index contributed by atoms with van der Waals surface area (Å²) in [4.78, 5) is 8.84. The fourth-order valence-electron chi connectivity index (χ4n) is 0.677. The Morgan fingerprint density at radius 3 is 3.25 bits per heavy atom. The Kier molecular flexibility index (Phi) is 6.09. The Morgan fingerprint density at radius 2 is 2.67 bits per heavy atom. The minimum Gasteiger partial charge on any atom is -0.392 e. The third-order valence-corrected chi connectivity index (χ3v) is 1.15. The first-order chi connectivity index (χ1) is 5.43. The van der Waals surface area contributed by atoms with Crippen molar-refractivity contribution in [2.24, 2.45) is 10.1 Å². The molecule has 0 amide bonds. The molecule has 1 aliphatic rings. The topological polar surface area (TPSA) is 46.0 Å². The number of nitrogens with zero attached hydrogens (tertiary/aromatic N) is 2. The molecule has 68 valence electrons. The summed E-state index contributed by atoms with van der Waals surface area (Å²) >= 11 is 0. The average Bonchev–Trinajstić information content (AvgIpc) is 2.07. The van der Waals surface area contributed by atoms with Crippen LogP contribution in [0.3, 0.4) is 0 Å². The number of halogens is 1. The second-order valence-corrected chi connectivity index (χ2v) is 2.09. The van der Waals surface area contributed by atoms with Gasteiger partial charge in [0, 0.05) is 0 Å². The van der Waals surface area contributed by atoms with E-state index in [4.69, 9.17) is 4.84 Å².